The van der Waals surface area contributed by atoms with Crippen LogP contribution in [0, 0.1) is 0 Å². The Kier molecular flexibility index (Phi) is 3.84. The summed E-state index contributed by atoms with van der Waals surface area (Å²) >= 11 is 0. The molecule has 19 heavy (non-hydrogen) atoms. The first-order valence-electron chi connectivity index (χ1n) is 7.53. The zero-order chi connectivity index (χ0) is 13.2. The number of nitrogens with one attached hydrogen (secondary N) is 1. The summed E-state index contributed by atoms with van der Waals surface area (Å²) in [4.78, 5) is 7.17. The van der Waals surface area contributed by atoms with Crippen molar-refractivity contribution in [2.24, 2.45) is 0 Å². The number of hydrogen-bond donors (Lipinski definition) is 1. The minimum absolute atomic E-state index is 0.422. The SMILES string of the molecule is CC(C)N1CCCC1Cc1noc(C2CCNC2)n1. The molecule has 2 fully saturated rings. The van der Waals surface area contributed by atoms with Crippen molar-refractivity contribution < 1.29 is 4.52 Å². The normalized spacial score (nSPS) is 28.6. The van der Waals surface area contributed by atoms with Crippen LogP contribution in [-0.4, -0.2) is 46.8 Å². The largest absolute Gasteiger partial charge is 0.339 e. The van der Waals surface area contributed by atoms with E-state index < -0.39 is 0 Å². The molecule has 2 aliphatic heterocycles. The quantitative estimate of drug-likeness (QED) is 0.894. The van der Waals surface area contributed by atoms with Crippen molar-refractivity contribution in [3.8, 4) is 0 Å². The first-order valence-corrected chi connectivity index (χ1v) is 7.53. The summed E-state index contributed by atoms with van der Waals surface area (Å²) in [5.74, 6) is 2.14. The lowest BCUT2D eigenvalue weighted by atomic mass is 10.1. The Labute approximate surface area is 114 Å². The topological polar surface area (TPSA) is 54.2 Å². The molecule has 2 saturated heterocycles. The maximum absolute atomic E-state index is 5.43. The summed E-state index contributed by atoms with van der Waals surface area (Å²) in [5.41, 5.74) is 0. The second-order valence-electron chi connectivity index (χ2n) is 6.07. The highest BCUT2D eigenvalue weighted by Crippen LogP contribution is 2.24. The third kappa shape index (κ3) is 2.82. The van der Waals surface area contributed by atoms with E-state index in [0.717, 1.165) is 37.6 Å². The van der Waals surface area contributed by atoms with Crippen LogP contribution in [0.25, 0.3) is 0 Å². The highest BCUT2D eigenvalue weighted by Gasteiger charge is 2.29. The molecule has 2 unspecified atom stereocenters. The van der Waals surface area contributed by atoms with Crippen molar-refractivity contribution in [3.05, 3.63) is 11.7 Å². The van der Waals surface area contributed by atoms with Gasteiger partial charge in [0.1, 0.15) is 0 Å². The molecule has 3 rings (SSSR count). The lowest BCUT2D eigenvalue weighted by Crippen LogP contribution is -2.36. The molecule has 5 nitrogen and oxygen atoms in total. The second kappa shape index (κ2) is 5.59. The summed E-state index contributed by atoms with van der Waals surface area (Å²) in [6.45, 7) is 7.78. The number of aromatic nitrogens is 2. The van der Waals surface area contributed by atoms with Crippen LogP contribution in [0.2, 0.25) is 0 Å². The Balaban J connectivity index is 1.63. The maximum atomic E-state index is 5.43. The molecule has 0 spiro atoms. The monoisotopic (exact) mass is 264 g/mol. The molecule has 0 radical (unpaired) electrons. The van der Waals surface area contributed by atoms with Gasteiger partial charge in [0.05, 0.1) is 5.92 Å². The molecular weight excluding hydrogens is 240 g/mol. The molecule has 0 amide bonds. The molecule has 106 valence electrons. The summed E-state index contributed by atoms with van der Waals surface area (Å²) in [6.07, 6.45) is 4.60. The van der Waals surface area contributed by atoms with Gasteiger partial charge in [-0.2, -0.15) is 4.98 Å². The Morgan fingerprint density at radius 2 is 2.32 bits per heavy atom. The van der Waals surface area contributed by atoms with Gasteiger partial charge in [0.2, 0.25) is 5.89 Å². The molecular formula is C14H24N4O. The molecule has 0 aromatic carbocycles. The summed E-state index contributed by atoms with van der Waals surface area (Å²) in [7, 11) is 0. The van der Waals surface area contributed by atoms with Gasteiger partial charge in [-0.3, -0.25) is 4.90 Å². The van der Waals surface area contributed by atoms with Crippen LogP contribution in [0.4, 0.5) is 0 Å². The Morgan fingerprint density at radius 1 is 1.42 bits per heavy atom. The van der Waals surface area contributed by atoms with Crippen LogP contribution in [0.5, 0.6) is 0 Å². The van der Waals surface area contributed by atoms with E-state index >= 15 is 0 Å². The van der Waals surface area contributed by atoms with Crippen molar-refractivity contribution >= 4 is 0 Å². The molecule has 2 aliphatic rings. The van der Waals surface area contributed by atoms with Gasteiger partial charge in [-0.1, -0.05) is 5.16 Å². The second-order valence-corrected chi connectivity index (χ2v) is 6.07. The van der Waals surface area contributed by atoms with E-state index in [9.17, 15) is 0 Å². The third-order valence-corrected chi connectivity index (χ3v) is 4.40. The highest BCUT2D eigenvalue weighted by molar-refractivity contribution is 5.00. The fourth-order valence-electron chi connectivity index (χ4n) is 3.35. The lowest BCUT2D eigenvalue weighted by Gasteiger charge is -2.27. The summed E-state index contributed by atoms with van der Waals surface area (Å²) in [6, 6.07) is 1.20. The minimum atomic E-state index is 0.422. The third-order valence-electron chi connectivity index (χ3n) is 4.40. The van der Waals surface area contributed by atoms with Gasteiger partial charge in [-0.25, -0.2) is 0 Å². The fourth-order valence-corrected chi connectivity index (χ4v) is 3.35. The predicted octanol–water partition coefficient (Wildman–Crippen LogP) is 1.56. The van der Waals surface area contributed by atoms with Gasteiger partial charge in [0.25, 0.3) is 0 Å². The van der Waals surface area contributed by atoms with E-state index in [2.05, 4.69) is 34.2 Å². The molecule has 0 saturated carbocycles. The van der Waals surface area contributed by atoms with Crippen molar-refractivity contribution in [2.75, 3.05) is 19.6 Å². The van der Waals surface area contributed by atoms with Crippen molar-refractivity contribution in [2.45, 2.75) is 57.5 Å². The summed E-state index contributed by atoms with van der Waals surface area (Å²) < 4.78 is 5.43. The number of nitrogens with zero attached hydrogens (tertiary/aromatic N) is 3. The van der Waals surface area contributed by atoms with E-state index in [1.165, 1.54) is 19.4 Å². The first-order chi connectivity index (χ1) is 9.24. The molecule has 3 heterocycles. The van der Waals surface area contributed by atoms with Crippen molar-refractivity contribution in [1.29, 1.82) is 0 Å². The van der Waals surface area contributed by atoms with Crippen LogP contribution < -0.4 is 5.32 Å². The molecule has 1 aromatic heterocycles. The van der Waals surface area contributed by atoms with Crippen LogP contribution in [0.3, 0.4) is 0 Å². The Hall–Kier alpha value is -0.940. The fraction of sp³-hybridized carbons (Fsp3) is 0.857. The van der Waals surface area contributed by atoms with Crippen LogP contribution in [-0.2, 0) is 6.42 Å². The number of hydrogen-bond acceptors (Lipinski definition) is 5. The summed E-state index contributed by atoms with van der Waals surface area (Å²) in [5, 5.41) is 7.52. The molecule has 2 atom stereocenters. The molecule has 1 aromatic rings. The van der Waals surface area contributed by atoms with E-state index in [0.29, 0.717) is 18.0 Å². The first kappa shape index (κ1) is 13.1. The number of likely N-dealkylation sites (tertiary alicyclic amines) is 1. The van der Waals surface area contributed by atoms with Gasteiger partial charge in [0.15, 0.2) is 5.82 Å². The van der Waals surface area contributed by atoms with Gasteiger partial charge < -0.3 is 9.84 Å². The van der Waals surface area contributed by atoms with E-state index in [1.807, 2.05) is 0 Å². The van der Waals surface area contributed by atoms with Gasteiger partial charge in [-0.05, 0) is 46.2 Å². The van der Waals surface area contributed by atoms with Crippen LogP contribution >= 0.6 is 0 Å². The van der Waals surface area contributed by atoms with Crippen molar-refractivity contribution in [3.63, 3.8) is 0 Å². The minimum Gasteiger partial charge on any atom is -0.339 e. The Morgan fingerprint density at radius 3 is 3.05 bits per heavy atom. The van der Waals surface area contributed by atoms with Crippen LogP contribution in [0.1, 0.15) is 50.7 Å². The zero-order valence-electron chi connectivity index (χ0n) is 11.9. The molecule has 1 N–H and O–H groups in total. The van der Waals surface area contributed by atoms with Gasteiger partial charge >= 0.3 is 0 Å². The van der Waals surface area contributed by atoms with Crippen molar-refractivity contribution in [1.82, 2.24) is 20.4 Å². The van der Waals surface area contributed by atoms with Gasteiger partial charge in [0, 0.05) is 25.0 Å². The van der Waals surface area contributed by atoms with E-state index in [4.69, 9.17) is 4.52 Å². The maximum Gasteiger partial charge on any atom is 0.231 e. The average Bonchev–Trinajstić information content (AvgIpc) is 3.09. The average molecular weight is 264 g/mol. The highest BCUT2D eigenvalue weighted by atomic mass is 16.5. The molecule has 5 heteroatoms. The van der Waals surface area contributed by atoms with Gasteiger partial charge in [-0.15, -0.1) is 0 Å². The van der Waals surface area contributed by atoms with E-state index in [-0.39, 0.29) is 0 Å². The molecule has 0 bridgehead atoms. The zero-order valence-corrected chi connectivity index (χ0v) is 11.9. The van der Waals surface area contributed by atoms with Crippen LogP contribution in [0.15, 0.2) is 4.52 Å². The smallest absolute Gasteiger partial charge is 0.231 e. The Bertz CT molecular complexity index is 411. The molecule has 0 aliphatic carbocycles. The number of rotatable bonds is 4. The predicted molar refractivity (Wildman–Crippen MR) is 73.1 cm³/mol. The van der Waals surface area contributed by atoms with E-state index in [1.54, 1.807) is 0 Å². The lowest BCUT2D eigenvalue weighted by molar-refractivity contribution is 0.200. The standard InChI is InChI=1S/C14H24N4O/c1-10(2)18-7-3-4-12(18)8-13-16-14(19-17-13)11-5-6-15-9-11/h10-12,15H,3-9H2,1-2H3.